The Balaban J connectivity index is 2.24. The number of halogens is 2. The molecule has 4 nitrogen and oxygen atoms in total. The van der Waals surface area contributed by atoms with Crippen LogP contribution in [-0.2, 0) is 24.5 Å². The Labute approximate surface area is 191 Å². The van der Waals surface area contributed by atoms with Crippen molar-refractivity contribution in [1.82, 2.24) is 0 Å². The van der Waals surface area contributed by atoms with Gasteiger partial charge in [-0.2, -0.15) is 0 Å². The van der Waals surface area contributed by atoms with Gasteiger partial charge >= 0.3 is 0 Å². The summed E-state index contributed by atoms with van der Waals surface area (Å²) in [7, 11) is 0. The standard InChI is InChI=1S/C25H22Cl2O4/c26-23(28)17-30-16-22(31-18-24(27)29)25(19-10-4-1-5-11-19,20-12-6-2-7-13-20)21-14-8-3-9-15-21/h1-15,22H,16-18H2. The number of ether oxygens (including phenoxy) is 2. The molecule has 0 spiro atoms. The maximum atomic E-state index is 11.6. The van der Waals surface area contributed by atoms with Gasteiger partial charge in [-0.3, -0.25) is 9.59 Å². The quantitative estimate of drug-likeness (QED) is 0.302. The molecule has 3 rings (SSSR count). The lowest BCUT2D eigenvalue weighted by Crippen LogP contribution is -2.47. The highest BCUT2D eigenvalue weighted by Gasteiger charge is 2.45. The minimum Gasteiger partial charge on any atom is -0.370 e. The van der Waals surface area contributed by atoms with Crippen LogP contribution in [0.2, 0.25) is 0 Å². The van der Waals surface area contributed by atoms with E-state index in [0.717, 1.165) is 16.7 Å². The van der Waals surface area contributed by atoms with Gasteiger partial charge in [0.2, 0.25) is 10.5 Å². The normalized spacial score (nSPS) is 12.3. The summed E-state index contributed by atoms with van der Waals surface area (Å²) in [5.74, 6) is 0. The van der Waals surface area contributed by atoms with E-state index in [1.54, 1.807) is 0 Å². The highest BCUT2D eigenvalue weighted by Crippen LogP contribution is 2.43. The molecule has 0 aliphatic carbocycles. The summed E-state index contributed by atoms with van der Waals surface area (Å²) in [6, 6.07) is 29.5. The number of hydrogen-bond donors (Lipinski definition) is 0. The second kappa shape index (κ2) is 11.2. The van der Waals surface area contributed by atoms with Crippen LogP contribution in [0, 0.1) is 0 Å². The zero-order valence-corrected chi connectivity index (χ0v) is 18.3. The average molecular weight is 457 g/mol. The Kier molecular flexibility index (Phi) is 8.38. The lowest BCUT2D eigenvalue weighted by atomic mass is 9.65. The fourth-order valence-corrected chi connectivity index (χ4v) is 4.01. The summed E-state index contributed by atoms with van der Waals surface area (Å²) in [4.78, 5) is 22.9. The molecule has 0 fully saturated rings. The SMILES string of the molecule is O=C(Cl)COCC(OCC(=O)Cl)C(c1ccccc1)(c1ccccc1)c1ccccc1. The van der Waals surface area contributed by atoms with Gasteiger partial charge in [0, 0.05) is 0 Å². The Morgan fingerprint density at radius 2 is 1.06 bits per heavy atom. The molecule has 0 bridgehead atoms. The molecule has 0 aliphatic heterocycles. The van der Waals surface area contributed by atoms with Crippen molar-refractivity contribution >= 4 is 33.7 Å². The van der Waals surface area contributed by atoms with E-state index in [9.17, 15) is 9.59 Å². The third-order valence-corrected chi connectivity index (χ3v) is 5.27. The van der Waals surface area contributed by atoms with Crippen LogP contribution >= 0.6 is 23.2 Å². The molecular weight excluding hydrogens is 435 g/mol. The summed E-state index contributed by atoms with van der Waals surface area (Å²) in [5.41, 5.74) is 1.99. The molecule has 0 heterocycles. The zero-order chi connectivity index (χ0) is 22.1. The van der Waals surface area contributed by atoms with Crippen LogP contribution in [-0.4, -0.2) is 36.4 Å². The molecule has 3 aromatic rings. The topological polar surface area (TPSA) is 52.6 Å². The van der Waals surface area contributed by atoms with Gasteiger partial charge in [0.1, 0.15) is 13.2 Å². The van der Waals surface area contributed by atoms with Crippen molar-refractivity contribution in [3.8, 4) is 0 Å². The highest BCUT2D eigenvalue weighted by atomic mass is 35.5. The van der Waals surface area contributed by atoms with Crippen LogP contribution in [0.3, 0.4) is 0 Å². The molecule has 31 heavy (non-hydrogen) atoms. The first-order chi connectivity index (χ1) is 15.0. The second-order valence-corrected chi connectivity index (χ2v) is 7.77. The largest absolute Gasteiger partial charge is 0.370 e. The first kappa shape index (κ1) is 23.2. The van der Waals surface area contributed by atoms with Crippen molar-refractivity contribution in [3.05, 3.63) is 108 Å². The Morgan fingerprint density at radius 1 is 0.677 bits per heavy atom. The lowest BCUT2D eigenvalue weighted by molar-refractivity contribution is -0.124. The van der Waals surface area contributed by atoms with Crippen LogP contribution in [0.15, 0.2) is 91.0 Å². The molecule has 160 valence electrons. The summed E-state index contributed by atoms with van der Waals surface area (Å²) < 4.78 is 11.7. The van der Waals surface area contributed by atoms with Gasteiger partial charge in [-0.15, -0.1) is 0 Å². The zero-order valence-electron chi connectivity index (χ0n) is 16.7. The van der Waals surface area contributed by atoms with Crippen molar-refractivity contribution in [3.63, 3.8) is 0 Å². The summed E-state index contributed by atoms with van der Waals surface area (Å²) in [5, 5.41) is -1.24. The van der Waals surface area contributed by atoms with E-state index in [2.05, 4.69) is 0 Å². The van der Waals surface area contributed by atoms with Crippen molar-refractivity contribution in [2.75, 3.05) is 19.8 Å². The second-order valence-electron chi connectivity index (χ2n) is 6.93. The predicted octanol–water partition coefficient (Wildman–Crippen LogP) is 4.95. The van der Waals surface area contributed by atoms with E-state index < -0.39 is 22.0 Å². The van der Waals surface area contributed by atoms with Gasteiger partial charge in [-0.25, -0.2) is 0 Å². The van der Waals surface area contributed by atoms with E-state index in [1.807, 2.05) is 91.0 Å². The molecular formula is C25H22Cl2O4. The highest BCUT2D eigenvalue weighted by molar-refractivity contribution is 6.64. The summed E-state index contributed by atoms with van der Waals surface area (Å²) in [6.07, 6.45) is -0.682. The molecule has 0 saturated heterocycles. The smallest absolute Gasteiger partial charge is 0.247 e. The molecule has 6 heteroatoms. The minimum atomic E-state index is -0.842. The number of hydrogen-bond acceptors (Lipinski definition) is 4. The Morgan fingerprint density at radius 3 is 1.42 bits per heavy atom. The van der Waals surface area contributed by atoms with Gasteiger partial charge < -0.3 is 9.47 Å². The molecule has 0 N–H and O–H groups in total. The first-order valence-corrected chi connectivity index (χ1v) is 10.5. The number of carbonyl (C=O) groups is 2. The Hall–Kier alpha value is -2.50. The van der Waals surface area contributed by atoms with E-state index in [1.165, 1.54) is 0 Å². The monoisotopic (exact) mass is 456 g/mol. The molecule has 0 saturated carbocycles. The van der Waals surface area contributed by atoms with Crippen molar-refractivity contribution in [2.24, 2.45) is 0 Å². The molecule has 0 aliphatic rings. The number of benzene rings is 3. The summed E-state index contributed by atoms with van der Waals surface area (Å²) >= 11 is 11.1. The molecule has 0 radical (unpaired) electrons. The van der Waals surface area contributed by atoms with Gasteiger partial charge in [0.25, 0.3) is 0 Å². The number of carbonyl (C=O) groups excluding carboxylic acids is 2. The summed E-state index contributed by atoms with van der Waals surface area (Å²) in [6.45, 7) is -0.565. The molecule has 1 atom stereocenters. The van der Waals surface area contributed by atoms with Gasteiger partial charge in [0.05, 0.1) is 18.1 Å². The maximum Gasteiger partial charge on any atom is 0.247 e. The van der Waals surface area contributed by atoms with Gasteiger partial charge in [-0.1, -0.05) is 91.0 Å². The Bertz CT molecular complexity index is 882. The van der Waals surface area contributed by atoms with E-state index >= 15 is 0 Å². The average Bonchev–Trinajstić information content (AvgIpc) is 2.79. The van der Waals surface area contributed by atoms with Crippen LogP contribution in [0.1, 0.15) is 16.7 Å². The van der Waals surface area contributed by atoms with E-state index in [0.29, 0.717) is 0 Å². The van der Waals surface area contributed by atoms with Crippen LogP contribution in [0.4, 0.5) is 0 Å². The fourth-order valence-electron chi connectivity index (χ4n) is 3.87. The third-order valence-electron chi connectivity index (χ3n) is 5.05. The molecule has 0 aromatic heterocycles. The van der Waals surface area contributed by atoms with Crippen LogP contribution in [0.5, 0.6) is 0 Å². The van der Waals surface area contributed by atoms with Crippen molar-refractivity contribution in [2.45, 2.75) is 11.5 Å². The maximum absolute atomic E-state index is 11.6. The van der Waals surface area contributed by atoms with Crippen molar-refractivity contribution < 1.29 is 19.1 Å². The minimum absolute atomic E-state index is 0.0152. The molecule has 3 aromatic carbocycles. The van der Waals surface area contributed by atoms with E-state index in [4.69, 9.17) is 32.7 Å². The lowest BCUT2D eigenvalue weighted by Gasteiger charge is -2.42. The van der Waals surface area contributed by atoms with E-state index in [-0.39, 0.29) is 19.8 Å². The van der Waals surface area contributed by atoms with Crippen molar-refractivity contribution in [1.29, 1.82) is 0 Å². The first-order valence-electron chi connectivity index (χ1n) is 9.77. The van der Waals surface area contributed by atoms with Crippen LogP contribution in [0.25, 0.3) is 0 Å². The van der Waals surface area contributed by atoms with Crippen LogP contribution < -0.4 is 0 Å². The van der Waals surface area contributed by atoms with Gasteiger partial charge in [-0.05, 0) is 39.9 Å². The third kappa shape index (κ3) is 5.60. The molecule has 0 amide bonds. The molecule has 1 unspecified atom stereocenters. The fraction of sp³-hybridized carbons (Fsp3) is 0.200. The number of rotatable bonds is 11. The van der Waals surface area contributed by atoms with Gasteiger partial charge in [0.15, 0.2) is 0 Å². The predicted molar refractivity (Wildman–Crippen MR) is 121 cm³/mol.